The molecule has 0 atom stereocenters. The zero-order valence-electron chi connectivity index (χ0n) is 11.9. The van der Waals surface area contributed by atoms with Crippen LogP contribution < -0.4 is 10.1 Å². The number of hydrogen-bond donors (Lipinski definition) is 1. The first-order valence-electron chi connectivity index (χ1n) is 6.85. The number of nitrogens with zero attached hydrogens (tertiary/aromatic N) is 1. The van der Waals surface area contributed by atoms with Crippen LogP contribution in [-0.2, 0) is 13.1 Å². The fourth-order valence-corrected chi connectivity index (χ4v) is 2.04. The number of aryl methyl sites for hydroxylation is 2. The summed E-state index contributed by atoms with van der Waals surface area (Å²) in [5.41, 5.74) is 3.55. The minimum Gasteiger partial charge on any atom is -0.492 e. The van der Waals surface area contributed by atoms with Gasteiger partial charge in [-0.1, -0.05) is 6.07 Å². The fourth-order valence-electron chi connectivity index (χ4n) is 2.04. The zero-order chi connectivity index (χ0) is 13.7. The van der Waals surface area contributed by atoms with E-state index in [-0.39, 0.29) is 0 Å². The largest absolute Gasteiger partial charge is 0.492 e. The van der Waals surface area contributed by atoms with Crippen molar-refractivity contribution < 1.29 is 4.74 Å². The smallest absolute Gasteiger partial charge is 0.142 e. The van der Waals surface area contributed by atoms with Crippen LogP contribution in [0.15, 0.2) is 36.7 Å². The maximum Gasteiger partial charge on any atom is 0.142 e. The first-order chi connectivity index (χ1) is 9.22. The Hall–Kier alpha value is -1.90. The molecular formula is C16H22N2O. The molecule has 3 heteroatoms. The highest BCUT2D eigenvalue weighted by atomic mass is 16.5. The number of rotatable bonds is 6. The molecule has 0 saturated carbocycles. The molecule has 1 aromatic carbocycles. The van der Waals surface area contributed by atoms with Crippen molar-refractivity contribution in [2.75, 3.05) is 11.9 Å². The van der Waals surface area contributed by atoms with Crippen LogP contribution in [0.5, 0.6) is 5.75 Å². The SMILES string of the molecule is CCOc1cc(C)ccc1NCc1ccn(CC)c1. The van der Waals surface area contributed by atoms with Crippen molar-refractivity contribution in [2.24, 2.45) is 0 Å². The molecule has 0 spiro atoms. The normalized spacial score (nSPS) is 10.5. The van der Waals surface area contributed by atoms with E-state index < -0.39 is 0 Å². The van der Waals surface area contributed by atoms with Crippen molar-refractivity contribution in [3.8, 4) is 5.75 Å². The van der Waals surface area contributed by atoms with E-state index in [4.69, 9.17) is 4.74 Å². The molecule has 0 aliphatic carbocycles. The molecule has 2 aromatic rings. The molecule has 2 rings (SSSR count). The van der Waals surface area contributed by atoms with Crippen LogP contribution in [0.1, 0.15) is 25.0 Å². The second kappa shape index (κ2) is 6.32. The van der Waals surface area contributed by atoms with Gasteiger partial charge in [0.05, 0.1) is 12.3 Å². The quantitative estimate of drug-likeness (QED) is 0.852. The Morgan fingerprint density at radius 2 is 2.05 bits per heavy atom. The van der Waals surface area contributed by atoms with Gasteiger partial charge < -0.3 is 14.6 Å². The van der Waals surface area contributed by atoms with Gasteiger partial charge in [0.1, 0.15) is 5.75 Å². The van der Waals surface area contributed by atoms with Gasteiger partial charge in [-0.3, -0.25) is 0 Å². The Morgan fingerprint density at radius 3 is 2.74 bits per heavy atom. The molecule has 0 unspecified atom stereocenters. The predicted octanol–water partition coefficient (Wildman–Crippen LogP) is 3.83. The highest BCUT2D eigenvalue weighted by Gasteiger charge is 2.04. The first kappa shape index (κ1) is 13.5. The van der Waals surface area contributed by atoms with Crippen molar-refractivity contribution in [3.05, 3.63) is 47.8 Å². The van der Waals surface area contributed by atoms with Crippen LogP contribution in [0.4, 0.5) is 5.69 Å². The van der Waals surface area contributed by atoms with E-state index in [0.29, 0.717) is 6.61 Å². The third-order valence-electron chi connectivity index (χ3n) is 3.10. The standard InChI is InChI=1S/C16H22N2O/c1-4-18-9-8-14(12-18)11-17-15-7-6-13(3)10-16(15)19-5-2/h6-10,12,17H,4-5,11H2,1-3H3. The molecule has 0 amide bonds. The van der Waals surface area contributed by atoms with Crippen molar-refractivity contribution in [1.29, 1.82) is 0 Å². The van der Waals surface area contributed by atoms with Gasteiger partial charge in [0.15, 0.2) is 0 Å². The minimum absolute atomic E-state index is 0.685. The summed E-state index contributed by atoms with van der Waals surface area (Å²) in [5.74, 6) is 0.928. The molecule has 102 valence electrons. The number of benzene rings is 1. The van der Waals surface area contributed by atoms with Gasteiger partial charge in [-0.05, 0) is 50.1 Å². The molecule has 0 aliphatic heterocycles. The highest BCUT2D eigenvalue weighted by molar-refractivity contribution is 5.57. The molecule has 0 aliphatic rings. The lowest BCUT2D eigenvalue weighted by molar-refractivity contribution is 0.341. The average molecular weight is 258 g/mol. The molecule has 0 bridgehead atoms. The van der Waals surface area contributed by atoms with E-state index in [1.807, 2.05) is 6.92 Å². The van der Waals surface area contributed by atoms with Gasteiger partial charge in [-0.25, -0.2) is 0 Å². The topological polar surface area (TPSA) is 26.2 Å². The lowest BCUT2D eigenvalue weighted by Gasteiger charge is -2.12. The number of anilines is 1. The molecule has 1 aromatic heterocycles. The Bertz CT molecular complexity index is 531. The summed E-state index contributed by atoms with van der Waals surface area (Å²) in [6.07, 6.45) is 4.27. The third kappa shape index (κ3) is 3.53. The van der Waals surface area contributed by atoms with E-state index >= 15 is 0 Å². The van der Waals surface area contributed by atoms with Gasteiger partial charge in [0.25, 0.3) is 0 Å². The molecular weight excluding hydrogens is 236 g/mol. The Kier molecular flexibility index (Phi) is 4.50. The van der Waals surface area contributed by atoms with E-state index in [2.05, 4.69) is 60.4 Å². The minimum atomic E-state index is 0.685. The number of aromatic nitrogens is 1. The maximum absolute atomic E-state index is 5.66. The van der Waals surface area contributed by atoms with E-state index in [1.54, 1.807) is 0 Å². The van der Waals surface area contributed by atoms with Crippen molar-refractivity contribution in [2.45, 2.75) is 33.9 Å². The van der Waals surface area contributed by atoms with Crippen LogP contribution in [0, 0.1) is 6.92 Å². The molecule has 0 radical (unpaired) electrons. The molecule has 1 N–H and O–H groups in total. The molecule has 1 heterocycles. The second-order valence-corrected chi connectivity index (χ2v) is 4.64. The summed E-state index contributed by atoms with van der Waals surface area (Å²) >= 11 is 0. The highest BCUT2D eigenvalue weighted by Crippen LogP contribution is 2.26. The van der Waals surface area contributed by atoms with Crippen LogP contribution in [0.3, 0.4) is 0 Å². The Labute approximate surface area is 115 Å². The van der Waals surface area contributed by atoms with Crippen LogP contribution in [0.2, 0.25) is 0 Å². The monoisotopic (exact) mass is 258 g/mol. The Morgan fingerprint density at radius 1 is 1.21 bits per heavy atom. The summed E-state index contributed by atoms with van der Waals surface area (Å²) in [5, 5.41) is 3.44. The average Bonchev–Trinajstić information content (AvgIpc) is 2.86. The van der Waals surface area contributed by atoms with E-state index in [1.165, 1.54) is 11.1 Å². The molecule has 0 fully saturated rings. The third-order valence-corrected chi connectivity index (χ3v) is 3.10. The van der Waals surface area contributed by atoms with Crippen LogP contribution in [0.25, 0.3) is 0 Å². The summed E-state index contributed by atoms with van der Waals surface area (Å²) in [4.78, 5) is 0. The van der Waals surface area contributed by atoms with Gasteiger partial charge in [-0.15, -0.1) is 0 Å². The summed E-state index contributed by atoms with van der Waals surface area (Å²) in [6, 6.07) is 8.40. The van der Waals surface area contributed by atoms with E-state index in [9.17, 15) is 0 Å². The fraction of sp³-hybridized carbons (Fsp3) is 0.375. The van der Waals surface area contributed by atoms with Crippen molar-refractivity contribution >= 4 is 5.69 Å². The molecule has 3 nitrogen and oxygen atoms in total. The molecule has 0 saturated heterocycles. The van der Waals surface area contributed by atoms with Gasteiger partial charge in [0, 0.05) is 25.5 Å². The number of hydrogen-bond acceptors (Lipinski definition) is 2. The Balaban J connectivity index is 2.05. The van der Waals surface area contributed by atoms with E-state index in [0.717, 1.165) is 24.5 Å². The second-order valence-electron chi connectivity index (χ2n) is 4.64. The van der Waals surface area contributed by atoms with Gasteiger partial charge in [-0.2, -0.15) is 0 Å². The van der Waals surface area contributed by atoms with Gasteiger partial charge >= 0.3 is 0 Å². The number of nitrogens with one attached hydrogen (secondary N) is 1. The summed E-state index contributed by atoms with van der Waals surface area (Å²) in [6.45, 7) is 8.74. The predicted molar refractivity (Wildman–Crippen MR) is 79.8 cm³/mol. The zero-order valence-corrected chi connectivity index (χ0v) is 11.9. The lowest BCUT2D eigenvalue weighted by atomic mass is 10.2. The van der Waals surface area contributed by atoms with Crippen molar-refractivity contribution in [3.63, 3.8) is 0 Å². The number of ether oxygens (including phenoxy) is 1. The van der Waals surface area contributed by atoms with Crippen LogP contribution in [-0.4, -0.2) is 11.2 Å². The lowest BCUT2D eigenvalue weighted by Crippen LogP contribution is -2.02. The molecule has 19 heavy (non-hydrogen) atoms. The first-order valence-corrected chi connectivity index (χ1v) is 6.85. The summed E-state index contributed by atoms with van der Waals surface area (Å²) < 4.78 is 7.84. The maximum atomic E-state index is 5.66. The van der Waals surface area contributed by atoms with Crippen molar-refractivity contribution in [1.82, 2.24) is 4.57 Å². The van der Waals surface area contributed by atoms with Crippen LogP contribution >= 0.6 is 0 Å². The van der Waals surface area contributed by atoms with Gasteiger partial charge in [0.2, 0.25) is 0 Å². The summed E-state index contributed by atoms with van der Waals surface area (Å²) in [7, 11) is 0.